The Balaban J connectivity index is 1.36. The molecule has 0 radical (unpaired) electrons. The molecule has 3 N–H and O–H groups in total. The van der Waals surface area contributed by atoms with Gasteiger partial charge < -0.3 is 24.7 Å². The summed E-state index contributed by atoms with van der Waals surface area (Å²) in [4.78, 5) is 23.0. The average Bonchev–Trinajstić information content (AvgIpc) is 3.33. The number of anilines is 1. The molecule has 38 heavy (non-hydrogen) atoms. The van der Waals surface area contributed by atoms with Gasteiger partial charge in [0.2, 0.25) is 0 Å². The van der Waals surface area contributed by atoms with Crippen LogP contribution in [0.25, 0.3) is 22.3 Å². The van der Waals surface area contributed by atoms with Gasteiger partial charge in [0.15, 0.2) is 11.9 Å². The number of carbonyl (C=O) groups excluding carboxylic acids is 1. The number of fused-ring (bicyclic) bond motifs is 1. The average molecular weight is 536 g/mol. The zero-order valence-electron chi connectivity index (χ0n) is 21.2. The summed E-state index contributed by atoms with van der Waals surface area (Å²) in [7, 11) is 0. The SMILES string of the molecule is CC(C)[C@@H](COc1ccc(-c2cc3ccccc3o2)c(Cl)c1)Nc1ccc(C(=O)CC[C@@H](O)C(=O)O)cc1. The number of rotatable bonds is 12. The number of Topliss-reactive ketones (excluding diaryl/α,β-unsaturated/α-hetero) is 1. The van der Waals surface area contributed by atoms with Crippen LogP contribution < -0.4 is 10.1 Å². The summed E-state index contributed by atoms with van der Waals surface area (Å²) < 4.78 is 12.0. The summed E-state index contributed by atoms with van der Waals surface area (Å²) in [6.07, 6.45) is -1.70. The van der Waals surface area contributed by atoms with Gasteiger partial charge in [-0.05, 0) is 66.9 Å². The Morgan fingerprint density at radius 2 is 1.76 bits per heavy atom. The molecule has 0 aliphatic rings. The number of carboxylic acid groups (broad SMARTS) is 1. The molecule has 0 unspecified atom stereocenters. The lowest BCUT2D eigenvalue weighted by Gasteiger charge is -2.24. The largest absolute Gasteiger partial charge is 0.491 e. The number of ketones is 1. The van der Waals surface area contributed by atoms with Crippen LogP contribution in [0.3, 0.4) is 0 Å². The zero-order valence-corrected chi connectivity index (χ0v) is 21.9. The summed E-state index contributed by atoms with van der Waals surface area (Å²) in [5, 5.41) is 23.1. The number of para-hydroxylation sites is 1. The third-order valence-corrected chi connectivity index (χ3v) is 6.67. The number of carboxylic acids is 1. The van der Waals surface area contributed by atoms with Crippen LogP contribution in [0, 0.1) is 5.92 Å². The van der Waals surface area contributed by atoms with Crippen molar-refractivity contribution in [2.24, 2.45) is 5.92 Å². The number of aliphatic hydroxyl groups is 1. The van der Waals surface area contributed by atoms with Gasteiger partial charge >= 0.3 is 5.97 Å². The molecule has 0 bridgehead atoms. The highest BCUT2D eigenvalue weighted by molar-refractivity contribution is 6.33. The van der Waals surface area contributed by atoms with E-state index in [1.165, 1.54) is 0 Å². The third-order valence-electron chi connectivity index (χ3n) is 6.35. The van der Waals surface area contributed by atoms with E-state index in [2.05, 4.69) is 19.2 Å². The molecule has 0 saturated carbocycles. The van der Waals surface area contributed by atoms with Crippen LogP contribution in [0.2, 0.25) is 5.02 Å². The molecule has 0 aliphatic heterocycles. The summed E-state index contributed by atoms with van der Waals surface area (Å²) in [6.45, 7) is 4.57. The smallest absolute Gasteiger partial charge is 0.332 e. The molecule has 4 aromatic rings. The van der Waals surface area contributed by atoms with E-state index in [1.807, 2.05) is 42.5 Å². The highest BCUT2D eigenvalue weighted by Crippen LogP contribution is 2.34. The summed E-state index contributed by atoms with van der Waals surface area (Å²) >= 11 is 6.57. The Morgan fingerprint density at radius 3 is 2.42 bits per heavy atom. The van der Waals surface area contributed by atoms with E-state index in [0.717, 1.165) is 22.2 Å². The van der Waals surface area contributed by atoms with Crippen molar-refractivity contribution < 1.29 is 29.0 Å². The van der Waals surface area contributed by atoms with Crippen molar-refractivity contribution >= 4 is 40.0 Å². The summed E-state index contributed by atoms with van der Waals surface area (Å²) in [5.74, 6) is 0.0441. The van der Waals surface area contributed by atoms with E-state index in [4.69, 9.17) is 25.9 Å². The maximum atomic E-state index is 12.3. The van der Waals surface area contributed by atoms with Crippen LogP contribution in [-0.4, -0.2) is 40.7 Å². The Kier molecular flexibility index (Phi) is 8.71. The van der Waals surface area contributed by atoms with Gasteiger partial charge in [-0.2, -0.15) is 0 Å². The molecule has 0 amide bonds. The molecule has 0 spiro atoms. The first-order valence-electron chi connectivity index (χ1n) is 12.4. The molecular formula is C30H30ClNO6. The van der Waals surface area contributed by atoms with Crippen molar-refractivity contribution in [3.05, 3.63) is 83.4 Å². The molecule has 0 saturated heterocycles. The van der Waals surface area contributed by atoms with E-state index in [1.54, 1.807) is 30.3 Å². The molecule has 1 aromatic heterocycles. The fraction of sp³-hybridized carbons (Fsp3) is 0.267. The second kappa shape index (κ2) is 12.2. The standard InChI is InChI=1S/C30H30ClNO6/c1-18(2)25(32-21-9-7-19(8-10-21)26(33)13-14-27(34)30(35)36)17-37-22-11-12-23(24(31)16-22)29-15-20-5-3-4-6-28(20)38-29/h3-12,15-16,18,25,27,32,34H,13-14,17H2,1-2H3,(H,35,36)/t25-,27-/m1/s1. The van der Waals surface area contributed by atoms with Gasteiger partial charge in [-0.25, -0.2) is 4.79 Å². The number of furan rings is 1. The number of carbonyl (C=O) groups is 2. The minimum Gasteiger partial charge on any atom is -0.491 e. The second-order valence-corrected chi connectivity index (χ2v) is 9.90. The van der Waals surface area contributed by atoms with Gasteiger partial charge in [-0.1, -0.05) is 43.6 Å². The minimum absolute atomic E-state index is 0.0175. The molecule has 7 nitrogen and oxygen atoms in total. The number of ether oxygens (including phenoxy) is 1. The molecule has 4 rings (SSSR count). The Morgan fingerprint density at radius 1 is 1.03 bits per heavy atom. The normalized spacial score (nSPS) is 12.9. The topological polar surface area (TPSA) is 109 Å². The van der Waals surface area contributed by atoms with Crippen molar-refractivity contribution in [3.8, 4) is 17.1 Å². The first-order chi connectivity index (χ1) is 18.2. The molecule has 2 atom stereocenters. The number of aliphatic hydroxyl groups excluding tert-OH is 1. The lowest BCUT2D eigenvalue weighted by Crippen LogP contribution is -2.32. The van der Waals surface area contributed by atoms with E-state index in [0.29, 0.717) is 28.7 Å². The molecular weight excluding hydrogens is 506 g/mol. The van der Waals surface area contributed by atoms with Crippen LogP contribution in [0.1, 0.15) is 37.0 Å². The van der Waals surface area contributed by atoms with Gasteiger partial charge in [0.25, 0.3) is 0 Å². The van der Waals surface area contributed by atoms with Crippen LogP contribution in [-0.2, 0) is 4.79 Å². The zero-order chi connectivity index (χ0) is 27.2. The number of nitrogens with one attached hydrogen (secondary N) is 1. The van der Waals surface area contributed by atoms with Crippen LogP contribution in [0.5, 0.6) is 5.75 Å². The predicted molar refractivity (Wildman–Crippen MR) is 148 cm³/mol. The number of hydrogen-bond acceptors (Lipinski definition) is 6. The number of halogens is 1. The third kappa shape index (κ3) is 6.73. The number of hydrogen-bond donors (Lipinski definition) is 3. The maximum Gasteiger partial charge on any atom is 0.332 e. The van der Waals surface area contributed by atoms with Gasteiger partial charge in [-0.15, -0.1) is 0 Å². The molecule has 1 heterocycles. The van der Waals surface area contributed by atoms with E-state index >= 15 is 0 Å². The summed E-state index contributed by atoms with van der Waals surface area (Å²) in [5.41, 5.74) is 2.89. The molecule has 3 aromatic carbocycles. The minimum atomic E-state index is -1.54. The molecule has 0 aliphatic carbocycles. The Labute approximate surface area is 226 Å². The lowest BCUT2D eigenvalue weighted by atomic mass is 10.0. The van der Waals surface area contributed by atoms with Gasteiger partial charge in [0, 0.05) is 28.6 Å². The van der Waals surface area contributed by atoms with Crippen molar-refractivity contribution in [3.63, 3.8) is 0 Å². The fourth-order valence-corrected chi connectivity index (χ4v) is 4.25. The van der Waals surface area contributed by atoms with E-state index < -0.39 is 12.1 Å². The van der Waals surface area contributed by atoms with Gasteiger partial charge in [-0.3, -0.25) is 4.79 Å². The van der Waals surface area contributed by atoms with Crippen molar-refractivity contribution in [1.82, 2.24) is 0 Å². The molecule has 0 fully saturated rings. The van der Waals surface area contributed by atoms with Gasteiger partial charge in [0.05, 0.1) is 11.1 Å². The quantitative estimate of drug-likeness (QED) is 0.174. The van der Waals surface area contributed by atoms with Crippen molar-refractivity contribution in [2.75, 3.05) is 11.9 Å². The monoisotopic (exact) mass is 535 g/mol. The lowest BCUT2D eigenvalue weighted by molar-refractivity contribution is -0.146. The van der Waals surface area contributed by atoms with Crippen LogP contribution >= 0.6 is 11.6 Å². The Hall–Kier alpha value is -3.81. The van der Waals surface area contributed by atoms with Crippen LogP contribution in [0.4, 0.5) is 5.69 Å². The second-order valence-electron chi connectivity index (χ2n) is 9.49. The molecule has 198 valence electrons. The molecule has 8 heteroatoms. The first kappa shape index (κ1) is 27.2. The van der Waals surface area contributed by atoms with Gasteiger partial charge in [0.1, 0.15) is 23.7 Å². The van der Waals surface area contributed by atoms with Crippen molar-refractivity contribution in [1.29, 1.82) is 0 Å². The summed E-state index contributed by atoms with van der Waals surface area (Å²) in [6, 6.07) is 22.3. The first-order valence-corrected chi connectivity index (χ1v) is 12.8. The highest BCUT2D eigenvalue weighted by Gasteiger charge is 2.18. The van der Waals surface area contributed by atoms with E-state index in [9.17, 15) is 14.7 Å². The number of benzene rings is 3. The van der Waals surface area contributed by atoms with E-state index in [-0.39, 0.29) is 30.6 Å². The van der Waals surface area contributed by atoms with Crippen LogP contribution in [0.15, 0.2) is 77.2 Å². The predicted octanol–water partition coefficient (Wildman–Crippen LogP) is 6.68. The fourth-order valence-electron chi connectivity index (χ4n) is 3.99. The number of aliphatic carboxylic acids is 1. The highest BCUT2D eigenvalue weighted by atomic mass is 35.5. The maximum absolute atomic E-state index is 12.3. The van der Waals surface area contributed by atoms with Crippen molar-refractivity contribution in [2.45, 2.75) is 38.8 Å². The Bertz CT molecular complexity index is 1380.